The Morgan fingerprint density at radius 1 is 1.29 bits per heavy atom. The molecule has 0 aliphatic carbocycles. The van der Waals surface area contributed by atoms with Crippen molar-refractivity contribution in [3.05, 3.63) is 0 Å². The van der Waals surface area contributed by atoms with Crippen LogP contribution in [0.3, 0.4) is 0 Å². The van der Waals surface area contributed by atoms with E-state index in [0.29, 0.717) is 0 Å². The van der Waals surface area contributed by atoms with Crippen LogP contribution in [-0.4, -0.2) is 6.18 Å². The Balaban J connectivity index is 0. The molecule has 0 aliphatic heterocycles. The Labute approximate surface area is 57.1 Å². The van der Waals surface area contributed by atoms with Crippen molar-refractivity contribution >= 4 is 24.0 Å². The lowest BCUT2D eigenvalue weighted by atomic mass is 10.5. The summed E-state index contributed by atoms with van der Waals surface area (Å²) in [6, 6.07) is 0. The second kappa shape index (κ2) is 3.51. The lowest BCUT2D eigenvalue weighted by Gasteiger charge is -1.96. The first kappa shape index (κ1) is 10.5. The predicted octanol–water partition coefficient (Wildman–Crippen LogP) is 2.58. The Morgan fingerprint density at radius 3 is 1.43 bits per heavy atom. The van der Waals surface area contributed by atoms with E-state index in [2.05, 4.69) is 0 Å². The van der Waals surface area contributed by atoms with Crippen LogP contribution < -0.4 is 0 Å². The molecule has 4 heteroatoms. The number of halogens is 4. The van der Waals surface area contributed by atoms with Gasteiger partial charge in [-0.25, -0.2) is 0 Å². The molecule has 7 heavy (non-hydrogen) atoms. The minimum Gasteiger partial charge on any atom is -0.171 e. The van der Waals surface area contributed by atoms with E-state index in [1.165, 1.54) is 0 Å². The van der Waals surface area contributed by atoms with Gasteiger partial charge in [0.25, 0.3) is 0 Å². The Kier molecular flexibility index (Phi) is 5.27. The number of hydrogen-bond donors (Lipinski definition) is 0. The monoisotopic (exact) mass is 226 g/mol. The zero-order valence-electron chi connectivity index (χ0n) is 3.75. The first-order valence-corrected chi connectivity index (χ1v) is 1.63. The summed E-state index contributed by atoms with van der Waals surface area (Å²) >= 11 is 0. The molecule has 46 valence electrons. The molecule has 0 radical (unpaired) electrons. The molecule has 0 saturated heterocycles. The van der Waals surface area contributed by atoms with Crippen LogP contribution in [0.4, 0.5) is 13.2 Å². The average Bonchev–Trinajstić information content (AvgIpc) is 1.35. The van der Waals surface area contributed by atoms with Crippen molar-refractivity contribution in [2.45, 2.75) is 19.5 Å². The van der Waals surface area contributed by atoms with Crippen LogP contribution >= 0.6 is 24.0 Å². The summed E-state index contributed by atoms with van der Waals surface area (Å²) in [5, 5.41) is 0. The molecule has 0 aromatic rings. The molecule has 0 N–H and O–H groups in total. The predicted molar refractivity (Wildman–Crippen MR) is 31.8 cm³/mol. The topological polar surface area (TPSA) is 0 Å². The van der Waals surface area contributed by atoms with Gasteiger partial charge in [0.15, 0.2) is 0 Å². The molecule has 0 rings (SSSR count). The highest BCUT2D eigenvalue weighted by Crippen LogP contribution is 2.17. The van der Waals surface area contributed by atoms with E-state index in [9.17, 15) is 13.2 Å². The average molecular weight is 226 g/mol. The Morgan fingerprint density at radius 2 is 1.43 bits per heavy atom. The third kappa shape index (κ3) is 10.8. The van der Waals surface area contributed by atoms with Crippen LogP contribution in [0.2, 0.25) is 0 Å². The molecule has 0 aliphatic rings. The molecular formula is C3H6F3I. The van der Waals surface area contributed by atoms with Crippen LogP contribution in [0.25, 0.3) is 0 Å². The zero-order valence-corrected chi connectivity index (χ0v) is 6.08. The fraction of sp³-hybridized carbons (Fsp3) is 1.00. The summed E-state index contributed by atoms with van der Waals surface area (Å²) in [5.41, 5.74) is 0. The molecule has 0 fully saturated rings. The summed E-state index contributed by atoms with van der Waals surface area (Å²) in [5.74, 6) is 0. The maximum atomic E-state index is 10.8. The van der Waals surface area contributed by atoms with Gasteiger partial charge in [0.2, 0.25) is 0 Å². The van der Waals surface area contributed by atoms with Crippen LogP contribution in [0.15, 0.2) is 0 Å². The van der Waals surface area contributed by atoms with Crippen molar-refractivity contribution in [3.63, 3.8) is 0 Å². The van der Waals surface area contributed by atoms with E-state index in [1.54, 1.807) is 0 Å². The molecule has 0 bridgehead atoms. The first-order valence-electron chi connectivity index (χ1n) is 1.63. The van der Waals surface area contributed by atoms with E-state index in [-0.39, 0.29) is 24.0 Å². The SMILES string of the molecule is CCC(F)(F)F.I. The number of rotatable bonds is 0. The normalized spacial score (nSPS) is 10.3. The molecule has 0 spiro atoms. The van der Waals surface area contributed by atoms with Crippen LogP contribution in [0.1, 0.15) is 13.3 Å². The molecule has 0 nitrogen and oxygen atoms in total. The van der Waals surface area contributed by atoms with Gasteiger partial charge in [-0.05, 0) is 0 Å². The van der Waals surface area contributed by atoms with E-state index in [4.69, 9.17) is 0 Å². The van der Waals surface area contributed by atoms with Gasteiger partial charge in [-0.3, -0.25) is 0 Å². The van der Waals surface area contributed by atoms with Crippen molar-refractivity contribution < 1.29 is 13.2 Å². The van der Waals surface area contributed by atoms with Crippen molar-refractivity contribution in [2.24, 2.45) is 0 Å². The molecule has 0 aromatic heterocycles. The van der Waals surface area contributed by atoms with E-state index in [0.717, 1.165) is 6.92 Å². The largest absolute Gasteiger partial charge is 0.388 e. The summed E-state index contributed by atoms with van der Waals surface area (Å²) in [6.07, 6.45) is -4.69. The van der Waals surface area contributed by atoms with Gasteiger partial charge in [0.05, 0.1) is 0 Å². The van der Waals surface area contributed by atoms with Crippen molar-refractivity contribution in [1.29, 1.82) is 0 Å². The molecule has 0 heterocycles. The minimum absolute atomic E-state index is 0. The number of hydrogen-bond acceptors (Lipinski definition) is 0. The third-order valence-electron chi connectivity index (χ3n) is 0.401. The smallest absolute Gasteiger partial charge is 0.171 e. The fourth-order valence-electron chi connectivity index (χ4n) is 0. The zero-order chi connectivity index (χ0) is 5.21. The third-order valence-corrected chi connectivity index (χ3v) is 0.401. The molecule has 0 saturated carbocycles. The summed E-state index contributed by atoms with van der Waals surface area (Å²) < 4.78 is 32.4. The van der Waals surface area contributed by atoms with Crippen molar-refractivity contribution in [1.82, 2.24) is 0 Å². The van der Waals surface area contributed by atoms with E-state index < -0.39 is 12.6 Å². The maximum absolute atomic E-state index is 10.8. The molecule has 0 amide bonds. The van der Waals surface area contributed by atoms with Gasteiger partial charge in [-0.15, -0.1) is 24.0 Å². The Hall–Kier alpha value is 0.520. The van der Waals surface area contributed by atoms with Crippen LogP contribution in [0, 0.1) is 0 Å². The second-order valence-electron chi connectivity index (χ2n) is 0.969. The quantitative estimate of drug-likeness (QED) is 0.557. The van der Waals surface area contributed by atoms with Gasteiger partial charge in [-0.1, -0.05) is 6.92 Å². The van der Waals surface area contributed by atoms with E-state index in [1.807, 2.05) is 0 Å². The lowest BCUT2D eigenvalue weighted by Crippen LogP contribution is -2.02. The standard InChI is InChI=1S/C3H5F3.HI/c1-2-3(4,5)6;/h2H2,1H3;1H. The summed E-state index contributed by atoms with van der Waals surface area (Å²) in [4.78, 5) is 0. The molecular weight excluding hydrogens is 220 g/mol. The maximum Gasteiger partial charge on any atom is 0.388 e. The minimum atomic E-state index is -3.96. The van der Waals surface area contributed by atoms with Crippen LogP contribution in [0.5, 0.6) is 0 Å². The highest BCUT2D eigenvalue weighted by molar-refractivity contribution is 14.0. The summed E-state index contributed by atoms with van der Waals surface area (Å²) in [6.45, 7) is 1.08. The van der Waals surface area contributed by atoms with Gasteiger partial charge in [-0.2, -0.15) is 13.2 Å². The number of alkyl halides is 3. The highest BCUT2D eigenvalue weighted by Gasteiger charge is 2.22. The summed E-state index contributed by atoms with van der Waals surface area (Å²) in [7, 11) is 0. The molecule has 0 aromatic carbocycles. The Bertz CT molecular complexity index is 39.9. The first-order chi connectivity index (χ1) is 2.56. The lowest BCUT2D eigenvalue weighted by molar-refractivity contribution is -0.130. The van der Waals surface area contributed by atoms with Crippen molar-refractivity contribution in [2.75, 3.05) is 0 Å². The molecule has 0 unspecified atom stereocenters. The van der Waals surface area contributed by atoms with Crippen LogP contribution in [-0.2, 0) is 0 Å². The van der Waals surface area contributed by atoms with E-state index >= 15 is 0 Å². The highest BCUT2D eigenvalue weighted by atomic mass is 127. The second-order valence-corrected chi connectivity index (χ2v) is 0.969. The van der Waals surface area contributed by atoms with Gasteiger partial charge >= 0.3 is 6.18 Å². The molecule has 0 atom stereocenters. The van der Waals surface area contributed by atoms with Gasteiger partial charge < -0.3 is 0 Å². The van der Waals surface area contributed by atoms with Crippen molar-refractivity contribution in [3.8, 4) is 0 Å². The van der Waals surface area contributed by atoms with Gasteiger partial charge in [0, 0.05) is 6.42 Å². The fourth-order valence-corrected chi connectivity index (χ4v) is 0. The van der Waals surface area contributed by atoms with Gasteiger partial charge in [0.1, 0.15) is 0 Å².